The van der Waals surface area contributed by atoms with Crippen molar-refractivity contribution in [1.29, 1.82) is 0 Å². The lowest BCUT2D eigenvalue weighted by Crippen LogP contribution is -1.94. The topological polar surface area (TPSA) is 26.3 Å². The molecule has 0 fully saturated rings. The summed E-state index contributed by atoms with van der Waals surface area (Å²) < 4.78 is 5.04. The van der Waals surface area contributed by atoms with Gasteiger partial charge in [0.2, 0.25) is 0 Å². The van der Waals surface area contributed by atoms with Gasteiger partial charge in [0.05, 0.1) is 7.11 Å². The molecule has 0 aliphatic rings. The molecule has 1 rings (SSSR count). The number of benzene rings is 1. The minimum absolute atomic E-state index is 0.0178. The van der Waals surface area contributed by atoms with Crippen LogP contribution in [0.25, 0.3) is 5.57 Å². The SMILES string of the molecule is C=CC(=O)CC(=C)c1ccc(OC)cc1. The van der Waals surface area contributed by atoms with Crippen molar-refractivity contribution in [1.82, 2.24) is 0 Å². The van der Waals surface area contributed by atoms with E-state index in [1.807, 2.05) is 24.3 Å². The molecular weight excluding hydrogens is 188 g/mol. The second-order valence-corrected chi connectivity index (χ2v) is 3.18. The van der Waals surface area contributed by atoms with Gasteiger partial charge in [-0.2, -0.15) is 0 Å². The van der Waals surface area contributed by atoms with Crippen LogP contribution in [-0.4, -0.2) is 12.9 Å². The Labute approximate surface area is 89.9 Å². The Balaban J connectivity index is 2.74. The summed E-state index contributed by atoms with van der Waals surface area (Å²) in [6, 6.07) is 7.47. The summed E-state index contributed by atoms with van der Waals surface area (Å²) in [5, 5.41) is 0. The molecule has 0 spiro atoms. The van der Waals surface area contributed by atoms with E-state index in [2.05, 4.69) is 13.2 Å². The van der Waals surface area contributed by atoms with Crippen molar-refractivity contribution < 1.29 is 9.53 Å². The average molecular weight is 202 g/mol. The summed E-state index contributed by atoms with van der Waals surface area (Å²) in [7, 11) is 1.62. The maximum absolute atomic E-state index is 11.1. The largest absolute Gasteiger partial charge is 0.497 e. The van der Waals surface area contributed by atoms with Crippen LogP contribution >= 0.6 is 0 Å². The number of ketones is 1. The summed E-state index contributed by atoms with van der Waals surface area (Å²) in [5.41, 5.74) is 1.74. The summed E-state index contributed by atoms with van der Waals surface area (Å²) in [4.78, 5) is 11.1. The van der Waals surface area contributed by atoms with Crippen LogP contribution in [0.4, 0.5) is 0 Å². The first-order chi connectivity index (χ1) is 7.17. The summed E-state index contributed by atoms with van der Waals surface area (Å²) >= 11 is 0. The Morgan fingerprint density at radius 1 is 1.40 bits per heavy atom. The van der Waals surface area contributed by atoms with Gasteiger partial charge in [0.1, 0.15) is 5.75 Å². The third-order valence-corrected chi connectivity index (χ3v) is 2.11. The van der Waals surface area contributed by atoms with Crippen LogP contribution in [-0.2, 0) is 4.79 Å². The van der Waals surface area contributed by atoms with Gasteiger partial charge in [-0.3, -0.25) is 4.79 Å². The number of carbonyl (C=O) groups is 1. The number of methoxy groups -OCH3 is 1. The standard InChI is InChI=1S/C13H14O2/c1-4-12(14)9-10(2)11-5-7-13(15-3)8-6-11/h4-8H,1-2,9H2,3H3. The molecule has 2 heteroatoms. The van der Waals surface area contributed by atoms with Crippen LogP contribution in [0.15, 0.2) is 43.5 Å². The molecule has 0 heterocycles. The smallest absolute Gasteiger partial charge is 0.159 e. The van der Waals surface area contributed by atoms with E-state index in [1.54, 1.807) is 7.11 Å². The van der Waals surface area contributed by atoms with Crippen LogP contribution < -0.4 is 4.74 Å². The van der Waals surface area contributed by atoms with Crippen molar-refractivity contribution in [2.24, 2.45) is 0 Å². The summed E-state index contributed by atoms with van der Waals surface area (Å²) in [5.74, 6) is 0.775. The van der Waals surface area contributed by atoms with Gasteiger partial charge >= 0.3 is 0 Å². The minimum Gasteiger partial charge on any atom is -0.497 e. The van der Waals surface area contributed by atoms with Crippen LogP contribution in [0.1, 0.15) is 12.0 Å². The van der Waals surface area contributed by atoms with Crippen molar-refractivity contribution in [3.63, 3.8) is 0 Å². The highest BCUT2D eigenvalue weighted by molar-refractivity contribution is 5.96. The van der Waals surface area contributed by atoms with Crippen LogP contribution in [0, 0.1) is 0 Å². The molecule has 0 saturated heterocycles. The molecule has 0 radical (unpaired) electrons. The molecule has 0 bridgehead atoms. The minimum atomic E-state index is -0.0178. The maximum Gasteiger partial charge on any atom is 0.159 e. The van der Waals surface area contributed by atoms with Crippen LogP contribution in [0.2, 0.25) is 0 Å². The first kappa shape index (κ1) is 11.2. The number of rotatable bonds is 5. The zero-order valence-electron chi connectivity index (χ0n) is 8.82. The fourth-order valence-corrected chi connectivity index (χ4v) is 1.21. The number of carbonyl (C=O) groups excluding carboxylic acids is 1. The molecule has 1 aromatic rings. The highest BCUT2D eigenvalue weighted by atomic mass is 16.5. The fraction of sp³-hybridized carbons (Fsp3) is 0.154. The number of ether oxygens (including phenoxy) is 1. The molecule has 0 N–H and O–H groups in total. The third-order valence-electron chi connectivity index (χ3n) is 2.11. The predicted octanol–water partition coefficient (Wildman–Crippen LogP) is 2.85. The summed E-state index contributed by atoms with van der Waals surface area (Å²) in [6.45, 7) is 7.28. The van der Waals surface area contributed by atoms with Crippen molar-refractivity contribution in [3.05, 3.63) is 49.1 Å². The molecule has 1 aromatic carbocycles. The molecular formula is C13H14O2. The Hall–Kier alpha value is -1.83. The average Bonchev–Trinajstić information content (AvgIpc) is 2.29. The molecule has 2 nitrogen and oxygen atoms in total. The first-order valence-electron chi connectivity index (χ1n) is 4.65. The molecule has 0 saturated carbocycles. The van der Waals surface area contributed by atoms with E-state index in [4.69, 9.17) is 4.74 Å². The molecule has 15 heavy (non-hydrogen) atoms. The van der Waals surface area contributed by atoms with Gasteiger partial charge < -0.3 is 4.74 Å². The highest BCUT2D eigenvalue weighted by Gasteiger charge is 2.03. The zero-order valence-corrected chi connectivity index (χ0v) is 8.82. The Bertz CT molecular complexity index is 374. The van der Waals surface area contributed by atoms with Gasteiger partial charge in [-0.05, 0) is 29.3 Å². The number of allylic oxidation sites excluding steroid dienone is 2. The normalized spacial score (nSPS) is 9.40. The lowest BCUT2D eigenvalue weighted by Gasteiger charge is -2.05. The number of hydrogen-bond acceptors (Lipinski definition) is 2. The Morgan fingerprint density at radius 3 is 2.47 bits per heavy atom. The molecule has 78 valence electrons. The maximum atomic E-state index is 11.1. The zero-order chi connectivity index (χ0) is 11.3. The lowest BCUT2D eigenvalue weighted by molar-refractivity contribution is -0.113. The monoisotopic (exact) mass is 202 g/mol. The molecule has 0 atom stereocenters. The molecule has 0 unspecified atom stereocenters. The van der Waals surface area contributed by atoms with Crippen molar-refractivity contribution in [2.45, 2.75) is 6.42 Å². The Morgan fingerprint density at radius 2 is 2.00 bits per heavy atom. The molecule has 0 amide bonds. The highest BCUT2D eigenvalue weighted by Crippen LogP contribution is 2.19. The van der Waals surface area contributed by atoms with Crippen molar-refractivity contribution in [3.8, 4) is 5.75 Å². The van der Waals surface area contributed by atoms with E-state index in [-0.39, 0.29) is 5.78 Å². The van der Waals surface area contributed by atoms with E-state index in [0.717, 1.165) is 16.9 Å². The number of hydrogen-bond donors (Lipinski definition) is 0. The van der Waals surface area contributed by atoms with Gasteiger partial charge in [-0.25, -0.2) is 0 Å². The van der Waals surface area contributed by atoms with Gasteiger partial charge in [0.15, 0.2) is 5.78 Å². The summed E-state index contributed by atoms with van der Waals surface area (Å²) in [6.07, 6.45) is 1.63. The van der Waals surface area contributed by atoms with E-state index >= 15 is 0 Å². The van der Waals surface area contributed by atoms with Crippen LogP contribution in [0.3, 0.4) is 0 Å². The van der Waals surface area contributed by atoms with E-state index in [0.29, 0.717) is 6.42 Å². The Kier molecular flexibility index (Phi) is 3.86. The second kappa shape index (κ2) is 5.15. The second-order valence-electron chi connectivity index (χ2n) is 3.18. The van der Waals surface area contributed by atoms with Crippen molar-refractivity contribution >= 4 is 11.4 Å². The third kappa shape index (κ3) is 3.09. The fourth-order valence-electron chi connectivity index (χ4n) is 1.21. The van der Waals surface area contributed by atoms with Gasteiger partial charge in [0.25, 0.3) is 0 Å². The molecule has 0 aliphatic heterocycles. The molecule has 0 aromatic heterocycles. The van der Waals surface area contributed by atoms with Crippen LogP contribution in [0.5, 0.6) is 5.75 Å². The lowest BCUT2D eigenvalue weighted by atomic mass is 10.0. The predicted molar refractivity (Wildman–Crippen MR) is 61.8 cm³/mol. The van der Waals surface area contributed by atoms with Gasteiger partial charge in [-0.1, -0.05) is 25.3 Å². The van der Waals surface area contributed by atoms with Gasteiger partial charge in [-0.15, -0.1) is 0 Å². The molecule has 0 aliphatic carbocycles. The van der Waals surface area contributed by atoms with E-state index < -0.39 is 0 Å². The quantitative estimate of drug-likeness (QED) is 0.686. The van der Waals surface area contributed by atoms with E-state index in [1.165, 1.54) is 6.08 Å². The van der Waals surface area contributed by atoms with Crippen molar-refractivity contribution in [2.75, 3.05) is 7.11 Å². The van der Waals surface area contributed by atoms with E-state index in [9.17, 15) is 4.79 Å². The first-order valence-corrected chi connectivity index (χ1v) is 4.65. The van der Waals surface area contributed by atoms with Gasteiger partial charge in [0, 0.05) is 6.42 Å².